The molecular weight excluding hydrogens is 408 g/mol. The first kappa shape index (κ1) is 20.6. The van der Waals surface area contributed by atoms with E-state index in [0.717, 1.165) is 25.5 Å². The van der Waals surface area contributed by atoms with Crippen LogP contribution in [-0.2, 0) is 17.8 Å². The van der Waals surface area contributed by atoms with E-state index in [9.17, 15) is 13.6 Å². The molecule has 0 spiro atoms. The van der Waals surface area contributed by atoms with Crippen molar-refractivity contribution in [3.05, 3.63) is 51.7 Å². The lowest BCUT2D eigenvalue weighted by Crippen LogP contribution is -2.48. The molecule has 0 radical (unpaired) electrons. The van der Waals surface area contributed by atoms with Crippen LogP contribution in [0.4, 0.5) is 14.5 Å². The zero-order valence-corrected chi connectivity index (χ0v) is 17.6. The van der Waals surface area contributed by atoms with Crippen LogP contribution in [0.25, 0.3) is 0 Å². The third-order valence-corrected chi connectivity index (χ3v) is 6.59. The lowest BCUT2D eigenvalue weighted by Gasteiger charge is -2.27. The molecule has 2 aliphatic heterocycles. The monoisotopic (exact) mass is 433 g/mol. The van der Waals surface area contributed by atoms with Gasteiger partial charge in [0.1, 0.15) is 11.6 Å². The zero-order chi connectivity index (χ0) is 21.1. The van der Waals surface area contributed by atoms with Crippen LogP contribution in [0.1, 0.15) is 16.9 Å². The van der Waals surface area contributed by atoms with Gasteiger partial charge in [0.25, 0.3) is 0 Å². The Labute approximate surface area is 178 Å². The number of nitrogens with zero attached hydrogens (tertiary/aromatic N) is 3. The number of hydrogen-bond donors (Lipinski definition) is 2. The molecular formula is C21H25F2N5OS. The van der Waals surface area contributed by atoms with Gasteiger partial charge in [0.05, 0.1) is 12.2 Å². The Morgan fingerprint density at radius 1 is 1.30 bits per heavy atom. The fourth-order valence-corrected chi connectivity index (χ4v) is 4.84. The van der Waals surface area contributed by atoms with Gasteiger partial charge in [-0.15, -0.1) is 11.3 Å². The zero-order valence-electron chi connectivity index (χ0n) is 16.8. The molecule has 1 aromatic carbocycles. The summed E-state index contributed by atoms with van der Waals surface area (Å²) in [5, 5.41) is 8.47. The smallest absolute Gasteiger partial charge is 0.242 e. The number of halogens is 2. The summed E-state index contributed by atoms with van der Waals surface area (Å²) in [5.41, 5.74) is 1.64. The summed E-state index contributed by atoms with van der Waals surface area (Å²) in [7, 11) is 1.66. The van der Waals surface area contributed by atoms with Gasteiger partial charge in [-0.05, 0) is 42.0 Å². The first-order chi connectivity index (χ1) is 14.5. The van der Waals surface area contributed by atoms with Crippen LogP contribution in [-0.4, -0.2) is 56.0 Å². The average molecular weight is 434 g/mol. The van der Waals surface area contributed by atoms with Crippen LogP contribution >= 0.6 is 11.3 Å². The highest BCUT2D eigenvalue weighted by molar-refractivity contribution is 7.10. The third-order valence-electron chi connectivity index (χ3n) is 5.57. The number of guanidine groups is 1. The molecule has 2 N–H and O–H groups in total. The van der Waals surface area contributed by atoms with E-state index in [4.69, 9.17) is 0 Å². The van der Waals surface area contributed by atoms with Gasteiger partial charge in [-0.3, -0.25) is 9.79 Å². The summed E-state index contributed by atoms with van der Waals surface area (Å²) >= 11 is 1.75. The van der Waals surface area contributed by atoms with Crippen molar-refractivity contribution in [2.75, 3.05) is 38.1 Å². The molecule has 0 saturated carbocycles. The number of carbonyl (C=O) groups is 1. The number of amides is 1. The maximum absolute atomic E-state index is 14.0. The highest BCUT2D eigenvalue weighted by Gasteiger charge is 2.26. The topological polar surface area (TPSA) is 60.0 Å². The van der Waals surface area contributed by atoms with Crippen LogP contribution < -0.4 is 15.5 Å². The van der Waals surface area contributed by atoms with Crippen molar-refractivity contribution in [1.82, 2.24) is 15.5 Å². The van der Waals surface area contributed by atoms with Gasteiger partial charge in [0.15, 0.2) is 5.96 Å². The van der Waals surface area contributed by atoms with Crippen LogP contribution in [0.3, 0.4) is 0 Å². The van der Waals surface area contributed by atoms with Gasteiger partial charge in [-0.1, -0.05) is 0 Å². The summed E-state index contributed by atoms with van der Waals surface area (Å²) in [6.07, 6.45) is 1.70. The van der Waals surface area contributed by atoms with Crippen LogP contribution in [0, 0.1) is 11.6 Å². The quantitative estimate of drug-likeness (QED) is 0.574. The van der Waals surface area contributed by atoms with E-state index < -0.39 is 11.6 Å². The lowest BCUT2D eigenvalue weighted by atomic mass is 10.1. The van der Waals surface area contributed by atoms with E-state index in [0.29, 0.717) is 31.3 Å². The number of benzene rings is 1. The molecule has 30 heavy (non-hydrogen) atoms. The number of rotatable bonds is 4. The predicted octanol–water partition coefficient (Wildman–Crippen LogP) is 2.35. The molecule has 1 atom stereocenters. The molecule has 9 heteroatoms. The Bertz CT molecular complexity index is 947. The highest BCUT2D eigenvalue weighted by Crippen LogP contribution is 2.25. The lowest BCUT2D eigenvalue weighted by molar-refractivity contribution is -0.130. The van der Waals surface area contributed by atoms with E-state index in [1.165, 1.54) is 22.6 Å². The molecule has 160 valence electrons. The second-order valence-corrected chi connectivity index (χ2v) is 8.53. The number of nitrogens with one attached hydrogen (secondary N) is 2. The van der Waals surface area contributed by atoms with E-state index >= 15 is 0 Å². The van der Waals surface area contributed by atoms with Crippen LogP contribution in [0.2, 0.25) is 0 Å². The van der Waals surface area contributed by atoms with Gasteiger partial charge in [-0.25, -0.2) is 8.78 Å². The molecule has 3 heterocycles. The first-order valence-corrected chi connectivity index (χ1v) is 10.9. The summed E-state index contributed by atoms with van der Waals surface area (Å²) in [6, 6.07) is 5.78. The minimum atomic E-state index is -0.580. The number of thiophene rings is 1. The van der Waals surface area contributed by atoms with Crippen molar-refractivity contribution in [2.24, 2.45) is 4.99 Å². The Morgan fingerprint density at radius 2 is 2.17 bits per heavy atom. The Morgan fingerprint density at radius 3 is 2.97 bits per heavy atom. The third kappa shape index (κ3) is 4.56. The number of aliphatic imine (C=N–C) groups is 1. The van der Waals surface area contributed by atoms with Crippen molar-refractivity contribution in [3.63, 3.8) is 0 Å². The van der Waals surface area contributed by atoms with Crippen LogP contribution in [0.15, 0.2) is 34.6 Å². The van der Waals surface area contributed by atoms with Crippen molar-refractivity contribution in [3.8, 4) is 0 Å². The average Bonchev–Trinajstić information content (AvgIpc) is 3.39. The highest BCUT2D eigenvalue weighted by atomic mass is 32.1. The minimum Gasteiger partial charge on any atom is -0.367 e. The number of fused-ring (bicyclic) bond motifs is 1. The maximum atomic E-state index is 14.0. The largest absolute Gasteiger partial charge is 0.367 e. The Hall–Kier alpha value is -2.68. The summed E-state index contributed by atoms with van der Waals surface area (Å²) in [4.78, 5) is 21.9. The molecule has 2 aromatic rings. The summed E-state index contributed by atoms with van der Waals surface area (Å²) < 4.78 is 27.2. The standard InChI is InChI=1S/C21H25F2N5OS/c1-24-21(25-11-20(29)28-8-5-19-14(12-28)6-9-30-19)26-16-4-7-27(13-16)18-3-2-15(22)10-17(18)23/h2-3,6,9-10,16H,4-5,7-8,11-13H2,1H3,(H2,24,25,26). The maximum Gasteiger partial charge on any atom is 0.242 e. The predicted molar refractivity (Wildman–Crippen MR) is 115 cm³/mol. The van der Waals surface area contributed by atoms with E-state index in [1.54, 1.807) is 18.4 Å². The molecule has 1 aromatic heterocycles. The SMILES string of the molecule is CN=C(NCC(=O)N1CCc2sccc2C1)NC1CCN(c2ccc(F)cc2F)C1. The minimum absolute atomic E-state index is 0.0382. The number of hydrogen-bond acceptors (Lipinski definition) is 4. The fraction of sp³-hybridized carbons (Fsp3) is 0.429. The van der Waals surface area contributed by atoms with E-state index in [1.807, 2.05) is 9.80 Å². The van der Waals surface area contributed by atoms with Gasteiger partial charge in [-0.2, -0.15) is 0 Å². The molecule has 6 nitrogen and oxygen atoms in total. The molecule has 0 aliphatic carbocycles. The van der Waals surface area contributed by atoms with Crippen molar-refractivity contribution < 1.29 is 13.6 Å². The second kappa shape index (κ2) is 8.99. The molecule has 1 fully saturated rings. The van der Waals surface area contributed by atoms with Gasteiger partial charge in [0, 0.05) is 50.2 Å². The Balaban J connectivity index is 1.27. The number of carbonyl (C=O) groups excluding carboxylic acids is 1. The van der Waals surface area contributed by atoms with Crippen molar-refractivity contribution >= 4 is 28.9 Å². The van der Waals surface area contributed by atoms with Gasteiger partial charge >= 0.3 is 0 Å². The second-order valence-electron chi connectivity index (χ2n) is 7.53. The molecule has 1 unspecified atom stereocenters. The van der Waals surface area contributed by atoms with Gasteiger partial charge < -0.3 is 20.4 Å². The Kier molecular flexibility index (Phi) is 6.17. The summed E-state index contributed by atoms with van der Waals surface area (Å²) in [5.74, 6) is -0.554. The van der Waals surface area contributed by atoms with E-state index in [-0.39, 0.29) is 18.5 Å². The van der Waals surface area contributed by atoms with E-state index in [2.05, 4.69) is 27.1 Å². The van der Waals surface area contributed by atoms with Crippen LogP contribution in [0.5, 0.6) is 0 Å². The van der Waals surface area contributed by atoms with Gasteiger partial charge in [0.2, 0.25) is 5.91 Å². The van der Waals surface area contributed by atoms with Crippen molar-refractivity contribution in [2.45, 2.75) is 25.4 Å². The normalized spacial score (nSPS) is 19.0. The molecule has 0 bridgehead atoms. The molecule has 1 amide bonds. The molecule has 1 saturated heterocycles. The first-order valence-electron chi connectivity index (χ1n) is 10.0. The molecule has 4 rings (SSSR count). The van der Waals surface area contributed by atoms with Crippen molar-refractivity contribution in [1.29, 1.82) is 0 Å². The fourth-order valence-electron chi connectivity index (χ4n) is 3.96. The number of anilines is 1. The molecule has 2 aliphatic rings. The summed E-state index contributed by atoms with van der Waals surface area (Å²) in [6.45, 7) is 2.80.